The number of pyridine rings is 1. The number of aromatic amines is 1. The summed E-state index contributed by atoms with van der Waals surface area (Å²) in [6.07, 6.45) is -2.77. The van der Waals surface area contributed by atoms with Crippen molar-refractivity contribution >= 4 is 5.97 Å². The average molecular weight is 217 g/mol. The number of carbonyl (C=O) groups excluding carboxylic acids is 1. The molecule has 1 heterocycles. The Morgan fingerprint density at radius 2 is 2.20 bits per heavy atom. The van der Waals surface area contributed by atoms with Crippen LogP contribution in [-0.4, -0.2) is 17.6 Å². The smallest absolute Gasteiger partial charge is 0.343 e. The summed E-state index contributed by atoms with van der Waals surface area (Å²) in [7, 11) is 0. The molecule has 6 heteroatoms. The third-order valence-electron chi connectivity index (χ3n) is 1.66. The molecule has 4 nitrogen and oxygen atoms in total. The zero-order valence-corrected chi connectivity index (χ0v) is 7.92. The van der Waals surface area contributed by atoms with Crippen molar-refractivity contribution < 1.29 is 18.3 Å². The van der Waals surface area contributed by atoms with E-state index >= 15 is 0 Å². The highest BCUT2D eigenvalue weighted by Crippen LogP contribution is 2.14. The highest BCUT2D eigenvalue weighted by molar-refractivity contribution is 5.88. The Morgan fingerprint density at radius 1 is 1.53 bits per heavy atom. The van der Waals surface area contributed by atoms with Crippen LogP contribution in [-0.2, 0) is 4.74 Å². The molecule has 0 aliphatic rings. The van der Waals surface area contributed by atoms with E-state index in [0.29, 0.717) is 0 Å². The molecule has 0 atom stereocenters. The third-order valence-corrected chi connectivity index (χ3v) is 1.66. The minimum atomic E-state index is -2.77. The minimum absolute atomic E-state index is 0.120. The maximum absolute atomic E-state index is 12.1. The van der Waals surface area contributed by atoms with Crippen LogP contribution >= 0.6 is 0 Å². The van der Waals surface area contributed by atoms with E-state index in [0.717, 1.165) is 12.1 Å². The first-order chi connectivity index (χ1) is 7.06. The molecule has 0 radical (unpaired) electrons. The number of halogens is 2. The van der Waals surface area contributed by atoms with Crippen LogP contribution in [0.3, 0.4) is 0 Å². The lowest BCUT2D eigenvalue weighted by molar-refractivity contribution is 0.0523. The van der Waals surface area contributed by atoms with Gasteiger partial charge in [-0.25, -0.2) is 13.6 Å². The highest BCUT2D eigenvalue weighted by atomic mass is 19.3. The van der Waals surface area contributed by atoms with Crippen LogP contribution in [0.15, 0.2) is 16.9 Å². The molecule has 1 aromatic rings. The first-order valence-corrected chi connectivity index (χ1v) is 4.24. The van der Waals surface area contributed by atoms with Gasteiger partial charge in [0, 0.05) is 0 Å². The summed E-state index contributed by atoms with van der Waals surface area (Å²) in [6.45, 7) is 1.70. The van der Waals surface area contributed by atoms with Gasteiger partial charge in [-0.1, -0.05) is 0 Å². The predicted octanol–water partition coefficient (Wildman–Crippen LogP) is 1.49. The van der Waals surface area contributed by atoms with Gasteiger partial charge in [0.2, 0.25) is 0 Å². The van der Waals surface area contributed by atoms with Gasteiger partial charge in [-0.2, -0.15) is 0 Å². The van der Waals surface area contributed by atoms with Gasteiger partial charge in [-0.05, 0) is 19.1 Å². The Bertz CT molecular complexity index is 414. The molecule has 0 aromatic carbocycles. The van der Waals surface area contributed by atoms with Gasteiger partial charge in [-0.3, -0.25) is 4.79 Å². The topological polar surface area (TPSA) is 59.2 Å². The largest absolute Gasteiger partial charge is 0.462 e. The Morgan fingerprint density at radius 3 is 2.67 bits per heavy atom. The molecule has 0 aliphatic carbocycles. The van der Waals surface area contributed by atoms with Crippen molar-refractivity contribution in [1.29, 1.82) is 0 Å². The van der Waals surface area contributed by atoms with Crippen LogP contribution < -0.4 is 5.56 Å². The van der Waals surface area contributed by atoms with Gasteiger partial charge >= 0.3 is 5.97 Å². The van der Waals surface area contributed by atoms with Crippen molar-refractivity contribution in [3.05, 3.63) is 33.7 Å². The maximum Gasteiger partial charge on any atom is 0.343 e. The van der Waals surface area contributed by atoms with Gasteiger partial charge in [0.25, 0.3) is 12.0 Å². The molecule has 0 fully saturated rings. The standard InChI is InChI=1S/C9H9F2NO3/c1-2-15-9(14)5-3-4-6(7(10)11)12-8(5)13/h3-4,7H,2H2,1H3,(H,12,13). The Labute approximate surface area is 83.9 Å². The number of H-pyrrole nitrogens is 1. The molecule has 15 heavy (non-hydrogen) atoms. The molecule has 0 saturated heterocycles. The fourth-order valence-electron chi connectivity index (χ4n) is 0.986. The summed E-state index contributed by atoms with van der Waals surface area (Å²) in [5.74, 6) is -0.820. The van der Waals surface area contributed by atoms with Gasteiger partial charge in [0.05, 0.1) is 12.3 Å². The van der Waals surface area contributed by atoms with Crippen LogP contribution in [0.5, 0.6) is 0 Å². The van der Waals surface area contributed by atoms with E-state index < -0.39 is 23.6 Å². The fraction of sp³-hybridized carbons (Fsp3) is 0.333. The summed E-state index contributed by atoms with van der Waals surface area (Å²) in [5, 5.41) is 0. The summed E-state index contributed by atoms with van der Waals surface area (Å²) in [6, 6.07) is 2.01. The van der Waals surface area contributed by atoms with Crippen LogP contribution in [0, 0.1) is 0 Å². The van der Waals surface area contributed by atoms with E-state index in [2.05, 4.69) is 4.74 Å². The number of alkyl halides is 2. The van der Waals surface area contributed by atoms with Crippen molar-refractivity contribution in [2.75, 3.05) is 6.61 Å². The summed E-state index contributed by atoms with van der Waals surface area (Å²) in [5.41, 5.74) is -1.67. The van der Waals surface area contributed by atoms with Gasteiger partial charge in [0.1, 0.15) is 5.56 Å². The number of hydrogen-bond acceptors (Lipinski definition) is 3. The molecule has 82 valence electrons. The number of ether oxygens (including phenoxy) is 1. The number of esters is 1. The zero-order chi connectivity index (χ0) is 11.4. The number of carbonyl (C=O) groups is 1. The van der Waals surface area contributed by atoms with Crippen molar-refractivity contribution in [2.24, 2.45) is 0 Å². The number of hydrogen-bond donors (Lipinski definition) is 1. The molecule has 0 bridgehead atoms. The number of aromatic nitrogens is 1. The van der Waals surface area contributed by atoms with E-state index in [1.54, 1.807) is 6.92 Å². The highest BCUT2D eigenvalue weighted by Gasteiger charge is 2.14. The second-order valence-corrected chi connectivity index (χ2v) is 2.68. The first-order valence-electron chi connectivity index (χ1n) is 4.24. The third kappa shape index (κ3) is 2.61. The van der Waals surface area contributed by atoms with E-state index in [9.17, 15) is 18.4 Å². The second-order valence-electron chi connectivity index (χ2n) is 2.68. The summed E-state index contributed by atoms with van der Waals surface area (Å²) >= 11 is 0. The van der Waals surface area contributed by atoms with E-state index in [4.69, 9.17) is 0 Å². The minimum Gasteiger partial charge on any atom is -0.462 e. The SMILES string of the molecule is CCOC(=O)c1ccc(C(F)F)[nH]c1=O. The summed E-state index contributed by atoms with van der Waals surface area (Å²) < 4.78 is 28.8. The fourth-order valence-corrected chi connectivity index (χ4v) is 0.986. The van der Waals surface area contributed by atoms with E-state index in [1.807, 2.05) is 4.98 Å². The number of rotatable bonds is 3. The Kier molecular flexibility index (Phi) is 3.54. The normalized spacial score (nSPS) is 10.4. The van der Waals surface area contributed by atoms with Crippen LogP contribution in [0.25, 0.3) is 0 Å². The molecule has 1 rings (SSSR count). The number of nitrogens with one attached hydrogen (secondary N) is 1. The molecule has 1 N–H and O–H groups in total. The van der Waals surface area contributed by atoms with Crippen LogP contribution in [0.1, 0.15) is 29.4 Å². The molecule has 0 saturated carbocycles. The molecule has 0 unspecified atom stereocenters. The van der Waals surface area contributed by atoms with Gasteiger partial charge in [0.15, 0.2) is 0 Å². The second kappa shape index (κ2) is 4.68. The lowest BCUT2D eigenvalue weighted by Gasteiger charge is -2.02. The average Bonchev–Trinajstić information content (AvgIpc) is 2.17. The van der Waals surface area contributed by atoms with Crippen LogP contribution in [0.2, 0.25) is 0 Å². The monoisotopic (exact) mass is 217 g/mol. The van der Waals surface area contributed by atoms with Gasteiger partial charge < -0.3 is 9.72 Å². The zero-order valence-electron chi connectivity index (χ0n) is 7.92. The Balaban J connectivity index is 3.03. The molecule has 0 spiro atoms. The van der Waals surface area contributed by atoms with Crippen LogP contribution in [0.4, 0.5) is 8.78 Å². The molecular formula is C9H9F2NO3. The molecule has 1 aromatic heterocycles. The van der Waals surface area contributed by atoms with Crippen molar-refractivity contribution in [1.82, 2.24) is 4.98 Å². The summed E-state index contributed by atoms with van der Waals surface area (Å²) in [4.78, 5) is 24.2. The quantitative estimate of drug-likeness (QED) is 0.780. The van der Waals surface area contributed by atoms with Crippen molar-refractivity contribution in [3.63, 3.8) is 0 Å². The molecular weight excluding hydrogens is 208 g/mol. The van der Waals surface area contributed by atoms with E-state index in [-0.39, 0.29) is 12.2 Å². The molecule has 0 aliphatic heterocycles. The predicted molar refractivity (Wildman–Crippen MR) is 48.0 cm³/mol. The molecule has 0 amide bonds. The first kappa shape index (κ1) is 11.4. The lowest BCUT2D eigenvalue weighted by atomic mass is 10.2. The van der Waals surface area contributed by atoms with Crippen molar-refractivity contribution in [2.45, 2.75) is 13.3 Å². The van der Waals surface area contributed by atoms with E-state index in [1.165, 1.54) is 0 Å². The Hall–Kier alpha value is -1.72. The van der Waals surface area contributed by atoms with Crippen molar-refractivity contribution in [3.8, 4) is 0 Å². The maximum atomic E-state index is 12.1. The lowest BCUT2D eigenvalue weighted by Crippen LogP contribution is -2.20. The van der Waals surface area contributed by atoms with Gasteiger partial charge in [-0.15, -0.1) is 0 Å².